The first kappa shape index (κ1) is 19.4. The van der Waals surface area contributed by atoms with Crippen molar-refractivity contribution in [2.45, 2.75) is 40.2 Å². The summed E-state index contributed by atoms with van der Waals surface area (Å²) in [5, 5.41) is 0. The van der Waals surface area contributed by atoms with Crippen molar-refractivity contribution in [2.24, 2.45) is 0 Å². The molecule has 2 rings (SSSR count). The second kappa shape index (κ2) is 8.43. The van der Waals surface area contributed by atoms with E-state index in [0.29, 0.717) is 15.8 Å². The molecule has 0 fully saturated rings. The number of alkyl halides is 2. The summed E-state index contributed by atoms with van der Waals surface area (Å²) < 4.78 is 38.2. The van der Waals surface area contributed by atoms with E-state index in [9.17, 15) is 13.6 Å². The summed E-state index contributed by atoms with van der Waals surface area (Å²) in [5.74, 6) is 0.101. The van der Waals surface area contributed by atoms with Crippen molar-refractivity contribution in [3.63, 3.8) is 0 Å². The van der Waals surface area contributed by atoms with Gasteiger partial charge >= 0.3 is 5.97 Å². The van der Waals surface area contributed by atoms with Crippen LogP contribution in [-0.2, 0) is 11.4 Å². The van der Waals surface area contributed by atoms with Crippen LogP contribution in [-0.4, -0.2) is 5.97 Å². The highest BCUT2D eigenvalue weighted by atomic mass is 79.9. The van der Waals surface area contributed by atoms with Crippen LogP contribution in [0.2, 0.25) is 0 Å². The van der Waals surface area contributed by atoms with Crippen molar-refractivity contribution in [3.8, 4) is 11.5 Å². The van der Waals surface area contributed by atoms with Crippen LogP contribution in [0.1, 0.15) is 42.0 Å². The number of halogens is 3. The summed E-state index contributed by atoms with van der Waals surface area (Å²) in [5.41, 5.74) is 2.08. The first-order valence-electron chi connectivity index (χ1n) is 7.83. The lowest BCUT2D eigenvalue weighted by Crippen LogP contribution is -2.09. The Morgan fingerprint density at radius 3 is 2.48 bits per heavy atom. The van der Waals surface area contributed by atoms with E-state index in [0.717, 1.165) is 11.1 Å². The molecule has 0 spiro atoms. The van der Waals surface area contributed by atoms with Crippen LogP contribution in [0.5, 0.6) is 11.5 Å². The van der Waals surface area contributed by atoms with Crippen LogP contribution in [0, 0.1) is 13.8 Å². The fraction of sp³-hybridized carbons (Fsp3) is 0.316. The van der Waals surface area contributed by atoms with E-state index in [-0.39, 0.29) is 30.3 Å². The Morgan fingerprint density at radius 2 is 1.84 bits per heavy atom. The number of hydrogen-bond acceptors (Lipinski definition) is 3. The molecule has 0 saturated carbocycles. The molecule has 3 nitrogen and oxygen atoms in total. The van der Waals surface area contributed by atoms with Gasteiger partial charge in [0.15, 0.2) is 0 Å². The summed E-state index contributed by atoms with van der Waals surface area (Å²) in [4.78, 5) is 11.6. The smallest absolute Gasteiger partial charge is 0.310 e. The zero-order valence-corrected chi connectivity index (χ0v) is 15.8. The van der Waals surface area contributed by atoms with E-state index in [4.69, 9.17) is 9.47 Å². The maximum absolute atomic E-state index is 13.3. The molecule has 0 aromatic heterocycles. The van der Waals surface area contributed by atoms with E-state index in [1.165, 1.54) is 6.07 Å². The minimum absolute atomic E-state index is 0.00400. The van der Waals surface area contributed by atoms with E-state index in [1.54, 1.807) is 38.1 Å². The molecule has 25 heavy (non-hydrogen) atoms. The van der Waals surface area contributed by atoms with Crippen molar-refractivity contribution in [3.05, 3.63) is 57.1 Å². The normalized spacial score (nSPS) is 10.8. The highest BCUT2D eigenvalue weighted by Gasteiger charge is 2.18. The third kappa shape index (κ3) is 4.78. The van der Waals surface area contributed by atoms with Crippen molar-refractivity contribution >= 4 is 21.9 Å². The lowest BCUT2D eigenvalue weighted by atomic mass is 10.1. The van der Waals surface area contributed by atoms with Gasteiger partial charge in [-0.25, -0.2) is 8.78 Å². The van der Waals surface area contributed by atoms with Gasteiger partial charge in [-0.1, -0.05) is 28.9 Å². The fourth-order valence-corrected chi connectivity index (χ4v) is 2.69. The molecule has 0 radical (unpaired) electrons. The predicted molar refractivity (Wildman–Crippen MR) is 95.3 cm³/mol. The van der Waals surface area contributed by atoms with E-state index >= 15 is 0 Å². The summed E-state index contributed by atoms with van der Waals surface area (Å²) in [7, 11) is 0. The van der Waals surface area contributed by atoms with E-state index < -0.39 is 6.43 Å². The summed E-state index contributed by atoms with van der Waals surface area (Å²) in [6.07, 6.45) is -2.40. The Kier molecular flexibility index (Phi) is 6.53. The Morgan fingerprint density at radius 1 is 1.16 bits per heavy atom. The van der Waals surface area contributed by atoms with Crippen molar-refractivity contribution < 1.29 is 23.0 Å². The molecule has 6 heteroatoms. The average Bonchev–Trinajstić information content (AvgIpc) is 2.56. The van der Waals surface area contributed by atoms with Gasteiger partial charge in [0.2, 0.25) is 0 Å². The maximum atomic E-state index is 13.3. The third-order valence-electron chi connectivity index (χ3n) is 3.82. The number of esters is 1. The topological polar surface area (TPSA) is 35.5 Å². The average molecular weight is 413 g/mol. The van der Waals surface area contributed by atoms with Gasteiger partial charge in [0.05, 0.1) is 5.56 Å². The lowest BCUT2D eigenvalue weighted by Gasteiger charge is -2.16. The largest absolute Gasteiger partial charge is 0.488 e. The van der Waals surface area contributed by atoms with Crippen molar-refractivity contribution in [2.75, 3.05) is 0 Å². The highest BCUT2D eigenvalue weighted by molar-refractivity contribution is 9.10. The molecule has 0 atom stereocenters. The number of carbonyl (C=O) groups is 1. The monoisotopic (exact) mass is 412 g/mol. The molecule has 0 aliphatic carbocycles. The van der Waals surface area contributed by atoms with Crippen LogP contribution in [0.25, 0.3) is 0 Å². The van der Waals surface area contributed by atoms with Gasteiger partial charge in [0.1, 0.15) is 18.1 Å². The zero-order valence-electron chi connectivity index (χ0n) is 14.2. The molecule has 2 aromatic rings. The fourth-order valence-electron chi connectivity index (χ4n) is 2.23. The molecule has 0 aliphatic rings. The number of ether oxygens (including phenoxy) is 2. The zero-order chi connectivity index (χ0) is 18.6. The molecule has 0 amide bonds. The van der Waals surface area contributed by atoms with Gasteiger partial charge in [-0.2, -0.15) is 0 Å². The van der Waals surface area contributed by atoms with Crippen LogP contribution >= 0.6 is 15.9 Å². The van der Waals surface area contributed by atoms with Gasteiger partial charge in [-0.15, -0.1) is 0 Å². The van der Waals surface area contributed by atoms with Gasteiger partial charge in [-0.05, 0) is 49.2 Å². The molecule has 2 aromatic carbocycles. The first-order chi connectivity index (χ1) is 11.8. The van der Waals surface area contributed by atoms with Gasteiger partial charge in [0.25, 0.3) is 6.43 Å². The Labute approximate surface area is 154 Å². The SMILES string of the molecule is CCC(=O)Oc1cccc(Br)c1COc1cc(C)c(C)cc1C(F)F. The van der Waals surface area contributed by atoms with Crippen LogP contribution < -0.4 is 9.47 Å². The van der Waals surface area contributed by atoms with Gasteiger partial charge < -0.3 is 9.47 Å². The molecule has 134 valence electrons. The van der Waals surface area contributed by atoms with Gasteiger partial charge in [0, 0.05) is 16.5 Å². The molecule has 0 aliphatic heterocycles. The summed E-state index contributed by atoms with van der Waals surface area (Å²) >= 11 is 3.39. The predicted octanol–water partition coefficient (Wildman–Crippen LogP) is 5.90. The molecular weight excluding hydrogens is 394 g/mol. The number of hydrogen-bond donors (Lipinski definition) is 0. The van der Waals surface area contributed by atoms with Gasteiger partial charge in [-0.3, -0.25) is 4.79 Å². The van der Waals surface area contributed by atoms with E-state index in [2.05, 4.69) is 15.9 Å². The molecular formula is C19H19BrF2O3. The van der Waals surface area contributed by atoms with Crippen molar-refractivity contribution in [1.29, 1.82) is 0 Å². The number of rotatable bonds is 6. The molecule has 0 bridgehead atoms. The molecule has 0 saturated heterocycles. The Bertz CT molecular complexity index is 776. The minimum Gasteiger partial charge on any atom is -0.488 e. The number of carbonyl (C=O) groups excluding carboxylic acids is 1. The molecule has 0 N–H and O–H groups in total. The van der Waals surface area contributed by atoms with E-state index in [1.807, 2.05) is 6.92 Å². The minimum atomic E-state index is -2.63. The Balaban J connectivity index is 2.30. The second-order valence-electron chi connectivity index (χ2n) is 5.61. The summed E-state index contributed by atoms with van der Waals surface area (Å²) in [6.45, 7) is 5.31. The highest BCUT2D eigenvalue weighted by Crippen LogP contribution is 2.34. The maximum Gasteiger partial charge on any atom is 0.310 e. The molecule has 0 unspecified atom stereocenters. The summed E-state index contributed by atoms with van der Waals surface area (Å²) in [6, 6.07) is 8.19. The van der Waals surface area contributed by atoms with Crippen molar-refractivity contribution in [1.82, 2.24) is 0 Å². The standard InChI is InChI=1S/C19H19BrF2O3/c1-4-18(23)25-16-7-5-6-15(20)14(16)10-24-17-9-12(3)11(2)8-13(17)19(21)22/h5-9,19H,4,10H2,1-3H3. The van der Waals surface area contributed by atoms with Crippen LogP contribution in [0.15, 0.2) is 34.8 Å². The molecule has 0 heterocycles. The quantitative estimate of drug-likeness (QED) is 0.437. The number of aryl methyl sites for hydroxylation is 2. The van der Waals surface area contributed by atoms with Crippen LogP contribution in [0.4, 0.5) is 8.78 Å². The number of benzene rings is 2. The Hall–Kier alpha value is -1.95. The second-order valence-corrected chi connectivity index (χ2v) is 6.46. The lowest BCUT2D eigenvalue weighted by molar-refractivity contribution is -0.134. The first-order valence-corrected chi connectivity index (χ1v) is 8.63. The van der Waals surface area contributed by atoms with Crippen LogP contribution in [0.3, 0.4) is 0 Å². The third-order valence-corrected chi connectivity index (χ3v) is 4.56.